The molecule has 9 heteroatoms. The van der Waals surface area contributed by atoms with E-state index in [9.17, 15) is 13.2 Å². The first-order valence-electron chi connectivity index (χ1n) is 9.05. The van der Waals surface area contributed by atoms with Crippen molar-refractivity contribution >= 4 is 38.9 Å². The molecule has 4 rings (SSSR count). The highest BCUT2D eigenvalue weighted by atomic mass is 35.5. The highest BCUT2D eigenvalue weighted by Crippen LogP contribution is 2.39. The Hall–Kier alpha value is -1.61. The molecule has 2 aliphatic rings. The van der Waals surface area contributed by atoms with Gasteiger partial charge in [-0.1, -0.05) is 23.7 Å². The van der Waals surface area contributed by atoms with Gasteiger partial charge in [0.05, 0.1) is 18.6 Å². The molecule has 1 aromatic carbocycles. The molecule has 3 unspecified atom stereocenters. The summed E-state index contributed by atoms with van der Waals surface area (Å²) in [5, 5.41) is 2.24. The van der Waals surface area contributed by atoms with Crippen molar-refractivity contribution in [2.24, 2.45) is 5.92 Å². The zero-order valence-corrected chi connectivity index (χ0v) is 17.7. The molecule has 1 aliphatic heterocycles. The predicted molar refractivity (Wildman–Crippen MR) is 108 cm³/mol. The average molecular weight is 441 g/mol. The van der Waals surface area contributed by atoms with E-state index in [1.165, 1.54) is 11.3 Å². The summed E-state index contributed by atoms with van der Waals surface area (Å²) in [5.74, 6) is 0.787. The first-order valence-corrected chi connectivity index (χ1v) is 11.8. The van der Waals surface area contributed by atoms with Gasteiger partial charge < -0.3 is 9.64 Å². The van der Waals surface area contributed by atoms with E-state index in [-0.39, 0.29) is 30.3 Å². The SMILES string of the molecule is COc1ccc(CC(=O)N2CC3CC2CC3NS(=O)(=O)c2cccs2)cc1Cl. The lowest BCUT2D eigenvalue weighted by Gasteiger charge is -2.32. The number of carbonyl (C=O) groups is 1. The number of nitrogens with zero attached hydrogens (tertiary/aromatic N) is 1. The second-order valence-electron chi connectivity index (χ2n) is 7.24. The summed E-state index contributed by atoms with van der Waals surface area (Å²) in [5.41, 5.74) is 0.841. The maximum absolute atomic E-state index is 12.8. The van der Waals surface area contributed by atoms with Crippen LogP contribution in [0.4, 0.5) is 0 Å². The fraction of sp³-hybridized carbons (Fsp3) is 0.421. The minimum absolute atomic E-state index is 0.0493. The molecule has 150 valence electrons. The lowest BCUT2D eigenvalue weighted by molar-refractivity contribution is -0.132. The molecule has 1 N–H and O–H groups in total. The Labute approximate surface area is 173 Å². The molecule has 2 heterocycles. The lowest BCUT2D eigenvalue weighted by Crippen LogP contribution is -2.47. The number of hydrogen-bond donors (Lipinski definition) is 1. The summed E-state index contributed by atoms with van der Waals surface area (Å²) in [4.78, 5) is 14.7. The molecule has 3 atom stereocenters. The number of nitrogens with one attached hydrogen (secondary N) is 1. The average Bonchev–Trinajstić information content (AvgIpc) is 3.38. The van der Waals surface area contributed by atoms with Gasteiger partial charge in [-0.3, -0.25) is 4.79 Å². The molecular weight excluding hydrogens is 420 g/mol. The van der Waals surface area contributed by atoms with Gasteiger partial charge in [0, 0.05) is 18.6 Å². The van der Waals surface area contributed by atoms with E-state index in [1.807, 2.05) is 11.0 Å². The molecule has 1 aromatic heterocycles. The molecule has 28 heavy (non-hydrogen) atoms. The zero-order valence-electron chi connectivity index (χ0n) is 15.3. The first-order chi connectivity index (χ1) is 13.4. The molecule has 0 radical (unpaired) electrons. The van der Waals surface area contributed by atoms with Crippen LogP contribution in [0.25, 0.3) is 0 Å². The normalized spacial score (nSPS) is 23.9. The number of hydrogen-bond acceptors (Lipinski definition) is 5. The van der Waals surface area contributed by atoms with Crippen molar-refractivity contribution in [3.8, 4) is 5.75 Å². The van der Waals surface area contributed by atoms with Gasteiger partial charge in [0.25, 0.3) is 0 Å². The molecule has 2 fully saturated rings. The number of rotatable bonds is 6. The third-order valence-corrected chi connectivity index (χ3v) is 8.68. The third-order valence-electron chi connectivity index (χ3n) is 5.50. The Morgan fingerprint density at radius 1 is 1.36 bits per heavy atom. The van der Waals surface area contributed by atoms with Crippen LogP contribution in [0.5, 0.6) is 5.75 Å². The highest BCUT2D eigenvalue weighted by Gasteiger charge is 2.47. The molecule has 1 saturated carbocycles. The number of likely N-dealkylation sites (tertiary alicyclic amines) is 1. The number of sulfonamides is 1. The topological polar surface area (TPSA) is 75.7 Å². The standard InChI is InChI=1S/C19H21ClN2O4S2/c1-26-17-5-4-12(7-15(17)20)8-18(23)22-11-13-9-14(22)10-16(13)21-28(24,25)19-3-2-6-27-19/h2-7,13-14,16,21H,8-11H2,1H3. The molecule has 1 saturated heterocycles. The Morgan fingerprint density at radius 3 is 2.79 bits per heavy atom. The van der Waals surface area contributed by atoms with Gasteiger partial charge in [0.2, 0.25) is 15.9 Å². The van der Waals surface area contributed by atoms with Crippen LogP contribution >= 0.6 is 22.9 Å². The molecular formula is C19H21ClN2O4S2. The fourth-order valence-corrected chi connectivity index (χ4v) is 6.78. The summed E-state index contributed by atoms with van der Waals surface area (Å²) in [6, 6.07) is 8.66. The van der Waals surface area contributed by atoms with Crippen LogP contribution in [0, 0.1) is 5.92 Å². The minimum atomic E-state index is -3.48. The van der Waals surface area contributed by atoms with Crippen molar-refractivity contribution in [1.82, 2.24) is 9.62 Å². The molecule has 0 spiro atoms. The van der Waals surface area contributed by atoms with Gasteiger partial charge in [-0.2, -0.15) is 0 Å². The fourth-order valence-electron chi connectivity index (χ4n) is 4.17. The largest absolute Gasteiger partial charge is 0.495 e. The summed E-state index contributed by atoms with van der Waals surface area (Å²) >= 11 is 7.35. The van der Waals surface area contributed by atoms with Crippen LogP contribution < -0.4 is 9.46 Å². The van der Waals surface area contributed by atoms with Crippen molar-refractivity contribution in [1.29, 1.82) is 0 Å². The first kappa shape index (κ1) is 19.7. The van der Waals surface area contributed by atoms with Crippen molar-refractivity contribution in [2.45, 2.75) is 35.6 Å². The minimum Gasteiger partial charge on any atom is -0.495 e. The van der Waals surface area contributed by atoms with Gasteiger partial charge in [0.15, 0.2) is 0 Å². The zero-order chi connectivity index (χ0) is 19.9. The maximum atomic E-state index is 12.8. The van der Waals surface area contributed by atoms with E-state index >= 15 is 0 Å². The van der Waals surface area contributed by atoms with Crippen LogP contribution in [0.2, 0.25) is 5.02 Å². The Morgan fingerprint density at radius 2 is 2.18 bits per heavy atom. The summed E-state index contributed by atoms with van der Waals surface area (Å²) < 4.78 is 33.2. The molecule has 2 aromatic rings. The van der Waals surface area contributed by atoms with Crippen LogP contribution in [-0.4, -0.2) is 45.0 Å². The van der Waals surface area contributed by atoms with Crippen LogP contribution in [0.15, 0.2) is 39.9 Å². The number of amides is 1. The Bertz CT molecular complexity index is 978. The molecule has 2 bridgehead atoms. The highest BCUT2D eigenvalue weighted by molar-refractivity contribution is 7.91. The number of halogens is 1. The quantitative estimate of drug-likeness (QED) is 0.749. The van der Waals surface area contributed by atoms with Crippen LogP contribution in [-0.2, 0) is 21.2 Å². The Kier molecular flexibility index (Phi) is 5.39. The number of piperidine rings is 1. The summed E-state index contributed by atoms with van der Waals surface area (Å²) in [6.45, 7) is 0.588. The number of thiophene rings is 1. The summed E-state index contributed by atoms with van der Waals surface area (Å²) in [6.07, 6.45) is 1.77. The predicted octanol–water partition coefficient (Wildman–Crippen LogP) is 2.92. The summed E-state index contributed by atoms with van der Waals surface area (Å²) in [7, 11) is -1.93. The van der Waals surface area contributed by atoms with Crippen LogP contribution in [0.3, 0.4) is 0 Å². The van der Waals surface area contributed by atoms with E-state index < -0.39 is 10.0 Å². The van der Waals surface area contributed by atoms with E-state index in [0.717, 1.165) is 12.0 Å². The van der Waals surface area contributed by atoms with Gasteiger partial charge in [-0.15, -0.1) is 11.3 Å². The molecule has 1 amide bonds. The van der Waals surface area contributed by atoms with Gasteiger partial charge in [-0.05, 0) is 47.9 Å². The third kappa shape index (κ3) is 3.78. The number of carbonyl (C=O) groups excluding carboxylic acids is 1. The van der Waals surface area contributed by atoms with Crippen molar-refractivity contribution in [3.63, 3.8) is 0 Å². The van der Waals surface area contributed by atoms with E-state index in [0.29, 0.717) is 27.9 Å². The smallest absolute Gasteiger partial charge is 0.250 e. The lowest BCUT2D eigenvalue weighted by atomic mass is 10.0. The van der Waals surface area contributed by atoms with Crippen LogP contribution in [0.1, 0.15) is 18.4 Å². The van der Waals surface area contributed by atoms with E-state index in [2.05, 4.69) is 4.72 Å². The second kappa shape index (κ2) is 7.67. The van der Waals surface area contributed by atoms with Gasteiger partial charge in [0.1, 0.15) is 9.96 Å². The number of fused-ring (bicyclic) bond motifs is 2. The maximum Gasteiger partial charge on any atom is 0.250 e. The monoisotopic (exact) mass is 440 g/mol. The van der Waals surface area contributed by atoms with E-state index in [1.54, 1.807) is 36.8 Å². The van der Waals surface area contributed by atoms with Crippen molar-refractivity contribution < 1.29 is 17.9 Å². The number of benzene rings is 1. The Balaban J connectivity index is 1.37. The molecule has 1 aliphatic carbocycles. The van der Waals surface area contributed by atoms with Gasteiger partial charge in [-0.25, -0.2) is 13.1 Å². The van der Waals surface area contributed by atoms with Crippen molar-refractivity contribution in [3.05, 3.63) is 46.3 Å². The molecule has 6 nitrogen and oxygen atoms in total. The van der Waals surface area contributed by atoms with Gasteiger partial charge >= 0.3 is 0 Å². The van der Waals surface area contributed by atoms with Crippen molar-refractivity contribution in [2.75, 3.05) is 13.7 Å². The second-order valence-corrected chi connectivity index (χ2v) is 10.5. The number of ether oxygens (including phenoxy) is 1. The van der Waals surface area contributed by atoms with E-state index in [4.69, 9.17) is 16.3 Å². The number of methoxy groups -OCH3 is 1.